The van der Waals surface area contributed by atoms with Gasteiger partial charge in [0.2, 0.25) is 10.0 Å². The minimum absolute atomic E-state index is 0.353. The van der Waals surface area contributed by atoms with E-state index in [4.69, 9.17) is 0 Å². The Balaban J connectivity index is 2.09. The molecule has 0 bridgehead atoms. The summed E-state index contributed by atoms with van der Waals surface area (Å²) in [7, 11) is -1.55. The van der Waals surface area contributed by atoms with E-state index in [1.54, 1.807) is 11.6 Å². The third-order valence-corrected chi connectivity index (χ3v) is 5.84. The first-order valence-electron chi connectivity index (χ1n) is 7.64. The van der Waals surface area contributed by atoms with Crippen LogP contribution >= 0.6 is 0 Å². The van der Waals surface area contributed by atoms with Crippen molar-refractivity contribution < 1.29 is 8.42 Å². The number of hydrogen-bond acceptors (Lipinski definition) is 4. The molecule has 1 saturated carbocycles. The Kier molecular flexibility index (Phi) is 5.40. The van der Waals surface area contributed by atoms with Gasteiger partial charge in [-0.1, -0.05) is 6.42 Å². The molecule has 0 saturated heterocycles. The van der Waals surface area contributed by atoms with Gasteiger partial charge < -0.3 is 5.32 Å². The highest BCUT2D eigenvalue weighted by Gasteiger charge is 2.26. The van der Waals surface area contributed by atoms with E-state index in [0.29, 0.717) is 23.1 Å². The number of sulfonamides is 1. The predicted molar refractivity (Wildman–Crippen MR) is 82.8 cm³/mol. The Hall–Kier alpha value is -0.920. The summed E-state index contributed by atoms with van der Waals surface area (Å²) in [5, 5.41) is 7.46. The Labute approximate surface area is 127 Å². The smallest absolute Gasteiger partial charge is 0.244 e. The summed E-state index contributed by atoms with van der Waals surface area (Å²) in [6.07, 6.45) is 4.40. The van der Waals surface area contributed by atoms with E-state index in [-0.39, 0.29) is 0 Å². The summed E-state index contributed by atoms with van der Waals surface area (Å²) in [6, 6.07) is 0. The molecule has 1 aliphatic carbocycles. The van der Waals surface area contributed by atoms with Crippen molar-refractivity contribution in [3.8, 4) is 0 Å². The van der Waals surface area contributed by atoms with Gasteiger partial charge in [0.05, 0.1) is 11.4 Å². The maximum absolute atomic E-state index is 12.5. The average molecular weight is 314 g/mol. The minimum Gasteiger partial charge on any atom is -0.320 e. The molecule has 7 heteroatoms. The van der Waals surface area contributed by atoms with E-state index in [2.05, 4.69) is 15.1 Å². The number of nitrogens with zero attached hydrogens (tertiary/aromatic N) is 2. The molecule has 1 heterocycles. The van der Waals surface area contributed by atoms with E-state index in [9.17, 15) is 8.42 Å². The van der Waals surface area contributed by atoms with Crippen LogP contribution in [0.2, 0.25) is 0 Å². The SMILES string of the molecule is CNCCCn1nc(C)c(S(=O)(=O)NCC2CCC2)c1C. The molecule has 0 aromatic carbocycles. The second kappa shape index (κ2) is 6.89. The van der Waals surface area contributed by atoms with Crippen molar-refractivity contribution in [3.63, 3.8) is 0 Å². The molecule has 0 atom stereocenters. The Morgan fingerprint density at radius 2 is 2.05 bits per heavy atom. The lowest BCUT2D eigenvalue weighted by Crippen LogP contribution is -2.32. The predicted octanol–water partition coefficient (Wildman–Crippen LogP) is 1.19. The van der Waals surface area contributed by atoms with Gasteiger partial charge in [0.25, 0.3) is 0 Å². The average Bonchev–Trinajstić information content (AvgIpc) is 2.63. The number of aryl methyl sites for hydroxylation is 2. The molecule has 1 aliphatic rings. The monoisotopic (exact) mass is 314 g/mol. The summed E-state index contributed by atoms with van der Waals surface area (Å²) in [5.74, 6) is 0.506. The van der Waals surface area contributed by atoms with Gasteiger partial charge in [0, 0.05) is 13.1 Å². The van der Waals surface area contributed by atoms with Crippen molar-refractivity contribution >= 4 is 10.0 Å². The quantitative estimate of drug-likeness (QED) is 0.707. The van der Waals surface area contributed by atoms with Crippen LogP contribution in [0.1, 0.15) is 37.1 Å². The van der Waals surface area contributed by atoms with Crippen LogP contribution in [-0.2, 0) is 16.6 Å². The fraction of sp³-hybridized carbons (Fsp3) is 0.786. The molecule has 2 N–H and O–H groups in total. The highest BCUT2D eigenvalue weighted by molar-refractivity contribution is 7.89. The lowest BCUT2D eigenvalue weighted by atomic mass is 9.86. The maximum Gasteiger partial charge on any atom is 0.244 e. The van der Waals surface area contributed by atoms with Gasteiger partial charge in [0.15, 0.2) is 0 Å². The van der Waals surface area contributed by atoms with E-state index in [1.807, 2.05) is 14.0 Å². The topological polar surface area (TPSA) is 76.0 Å². The first-order chi connectivity index (χ1) is 9.95. The Morgan fingerprint density at radius 3 is 2.62 bits per heavy atom. The molecule has 1 aromatic heterocycles. The lowest BCUT2D eigenvalue weighted by molar-refractivity contribution is 0.316. The van der Waals surface area contributed by atoms with E-state index < -0.39 is 10.0 Å². The number of aromatic nitrogens is 2. The van der Waals surface area contributed by atoms with E-state index in [0.717, 1.165) is 38.0 Å². The molecule has 0 spiro atoms. The Bertz CT molecular complexity index is 576. The van der Waals surface area contributed by atoms with Crippen molar-refractivity contribution in [3.05, 3.63) is 11.4 Å². The van der Waals surface area contributed by atoms with Crippen molar-refractivity contribution in [2.75, 3.05) is 20.1 Å². The Morgan fingerprint density at radius 1 is 1.33 bits per heavy atom. The van der Waals surface area contributed by atoms with Gasteiger partial charge in [-0.3, -0.25) is 4.68 Å². The molecule has 2 rings (SSSR count). The zero-order chi connectivity index (χ0) is 15.5. The minimum atomic E-state index is -3.45. The molecule has 21 heavy (non-hydrogen) atoms. The number of nitrogens with one attached hydrogen (secondary N) is 2. The van der Waals surface area contributed by atoms with Gasteiger partial charge in [-0.25, -0.2) is 13.1 Å². The van der Waals surface area contributed by atoms with E-state index in [1.165, 1.54) is 6.42 Å². The van der Waals surface area contributed by atoms with Gasteiger partial charge in [-0.15, -0.1) is 0 Å². The molecule has 0 unspecified atom stereocenters. The van der Waals surface area contributed by atoms with Gasteiger partial charge in [-0.05, 0) is 52.6 Å². The molecule has 1 aromatic rings. The largest absolute Gasteiger partial charge is 0.320 e. The molecule has 120 valence electrons. The summed E-state index contributed by atoms with van der Waals surface area (Å²) in [6.45, 7) is 5.76. The highest BCUT2D eigenvalue weighted by atomic mass is 32.2. The van der Waals surface area contributed by atoms with Crippen LogP contribution in [-0.4, -0.2) is 38.3 Å². The van der Waals surface area contributed by atoms with E-state index >= 15 is 0 Å². The van der Waals surface area contributed by atoms with Gasteiger partial charge in [0.1, 0.15) is 4.90 Å². The highest BCUT2D eigenvalue weighted by Crippen LogP contribution is 2.26. The molecule has 6 nitrogen and oxygen atoms in total. The molecule has 0 amide bonds. The maximum atomic E-state index is 12.5. The number of rotatable bonds is 8. The zero-order valence-corrected chi connectivity index (χ0v) is 14.0. The molecule has 1 fully saturated rings. The second-order valence-corrected chi connectivity index (χ2v) is 7.53. The van der Waals surface area contributed by atoms with Crippen LogP contribution in [0.5, 0.6) is 0 Å². The first kappa shape index (κ1) is 16.5. The van der Waals surface area contributed by atoms with Crippen LogP contribution in [0.4, 0.5) is 0 Å². The summed E-state index contributed by atoms with van der Waals surface area (Å²) in [4.78, 5) is 0.353. The third-order valence-electron chi connectivity index (χ3n) is 4.17. The summed E-state index contributed by atoms with van der Waals surface area (Å²) < 4.78 is 29.5. The van der Waals surface area contributed by atoms with Crippen molar-refractivity contribution in [1.82, 2.24) is 19.8 Å². The van der Waals surface area contributed by atoms with Crippen molar-refractivity contribution in [2.24, 2.45) is 5.92 Å². The normalized spacial score (nSPS) is 16.1. The summed E-state index contributed by atoms with van der Waals surface area (Å²) in [5.41, 5.74) is 1.31. The molecule has 0 radical (unpaired) electrons. The van der Waals surface area contributed by atoms with Crippen LogP contribution in [0, 0.1) is 19.8 Å². The molecular weight excluding hydrogens is 288 g/mol. The zero-order valence-electron chi connectivity index (χ0n) is 13.1. The van der Waals surface area contributed by atoms with Gasteiger partial charge >= 0.3 is 0 Å². The number of hydrogen-bond donors (Lipinski definition) is 2. The first-order valence-corrected chi connectivity index (χ1v) is 9.12. The standard InChI is InChI=1S/C14H26N4O2S/c1-11-14(12(2)18(17-11)9-5-8-15-3)21(19,20)16-10-13-6-4-7-13/h13,15-16H,4-10H2,1-3H3. The summed E-state index contributed by atoms with van der Waals surface area (Å²) >= 11 is 0. The second-order valence-electron chi connectivity index (χ2n) is 5.83. The lowest BCUT2D eigenvalue weighted by Gasteiger charge is -2.25. The van der Waals surface area contributed by atoms with Crippen LogP contribution < -0.4 is 10.0 Å². The third kappa shape index (κ3) is 3.84. The molecular formula is C14H26N4O2S. The van der Waals surface area contributed by atoms with Crippen LogP contribution in [0.25, 0.3) is 0 Å². The van der Waals surface area contributed by atoms with Crippen LogP contribution in [0.15, 0.2) is 4.90 Å². The fourth-order valence-corrected chi connectivity index (χ4v) is 4.21. The molecule has 0 aliphatic heterocycles. The van der Waals surface area contributed by atoms with Crippen LogP contribution in [0.3, 0.4) is 0 Å². The van der Waals surface area contributed by atoms with Crippen molar-refractivity contribution in [1.29, 1.82) is 0 Å². The van der Waals surface area contributed by atoms with Crippen molar-refractivity contribution in [2.45, 2.75) is 51.0 Å². The fourth-order valence-electron chi connectivity index (χ4n) is 2.69. The van der Waals surface area contributed by atoms with Gasteiger partial charge in [-0.2, -0.15) is 5.10 Å².